The Morgan fingerprint density at radius 2 is 1.76 bits per heavy atom. The number of halogens is 5. The lowest BCUT2D eigenvalue weighted by molar-refractivity contribution is -0.159. The van der Waals surface area contributed by atoms with Crippen LogP contribution >= 0.6 is 23.2 Å². The molecule has 2 aromatic carbocycles. The number of esters is 1. The minimum absolute atomic E-state index is 0.235. The molecule has 0 aromatic heterocycles. The second-order valence-corrected chi connectivity index (χ2v) is 8.03. The second kappa shape index (κ2) is 7.43. The predicted molar refractivity (Wildman–Crippen MR) is 99.8 cm³/mol. The molecule has 0 heterocycles. The molecule has 0 saturated heterocycles. The molecule has 0 amide bonds. The summed E-state index contributed by atoms with van der Waals surface area (Å²) in [5, 5.41) is 9.38. The number of hydrogen-bond donors (Lipinski definition) is 0. The molecule has 3 rings (SSSR count). The molecule has 29 heavy (non-hydrogen) atoms. The molecule has 152 valence electrons. The second-order valence-electron chi connectivity index (χ2n) is 6.65. The molecule has 4 unspecified atom stereocenters. The summed E-state index contributed by atoms with van der Waals surface area (Å²) in [5.41, 5.74) is 0.235. The summed E-state index contributed by atoms with van der Waals surface area (Å²) in [6.45, 7) is 1.01. The van der Waals surface area contributed by atoms with Gasteiger partial charge in [0.05, 0.1) is 4.87 Å². The smallest absolute Gasteiger partial charge is 0.410 e. The number of alkyl halides is 5. The molecule has 4 nitrogen and oxygen atoms in total. The number of ether oxygens (including phenoxy) is 2. The molecule has 0 aliphatic heterocycles. The maximum atomic E-state index is 13.2. The third-order valence-corrected chi connectivity index (χ3v) is 6.15. The SMILES string of the molecule is CC1(Cl)C(C(=O)OC(C#N)c2cccc(Oc3ccccc3)c2)C1(Cl)C(F)(F)F. The highest BCUT2D eigenvalue weighted by atomic mass is 35.5. The van der Waals surface area contributed by atoms with Crippen LogP contribution in [-0.2, 0) is 9.53 Å². The maximum Gasteiger partial charge on any atom is 0.410 e. The third kappa shape index (κ3) is 3.75. The van der Waals surface area contributed by atoms with Crippen molar-refractivity contribution in [1.29, 1.82) is 5.26 Å². The van der Waals surface area contributed by atoms with E-state index in [0.717, 1.165) is 6.92 Å². The van der Waals surface area contributed by atoms with Crippen LogP contribution in [0.2, 0.25) is 0 Å². The van der Waals surface area contributed by atoms with E-state index in [2.05, 4.69) is 0 Å². The topological polar surface area (TPSA) is 59.3 Å². The number of hydrogen-bond acceptors (Lipinski definition) is 4. The molecule has 4 atom stereocenters. The largest absolute Gasteiger partial charge is 0.457 e. The fourth-order valence-electron chi connectivity index (χ4n) is 3.09. The molecule has 0 spiro atoms. The van der Waals surface area contributed by atoms with Gasteiger partial charge in [-0.1, -0.05) is 30.3 Å². The van der Waals surface area contributed by atoms with Gasteiger partial charge in [0.2, 0.25) is 6.10 Å². The highest BCUT2D eigenvalue weighted by Gasteiger charge is 2.88. The monoisotopic (exact) mass is 443 g/mol. The van der Waals surface area contributed by atoms with E-state index in [1.807, 2.05) is 6.07 Å². The van der Waals surface area contributed by atoms with Gasteiger partial charge in [-0.15, -0.1) is 23.2 Å². The molecule has 1 fully saturated rings. The van der Waals surface area contributed by atoms with Gasteiger partial charge in [-0.3, -0.25) is 4.79 Å². The summed E-state index contributed by atoms with van der Waals surface area (Å²) >= 11 is 11.4. The summed E-state index contributed by atoms with van der Waals surface area (Å²) in [6, 6.07) is 16.7. The highest BCUT2D eigenvalue weighted by molar-refractivity contribution is 6.43. The number of carbonyl (C=O) groups is 1. The molecule has 0 bridgehead atoms. The van der Waals surface area contributed by atoms with E-state index in [1.54, 1.807) is 42.5 Å². The average Bonchev–Trinajstić information content (AvgIpc) is 3.14. The first-order chi connectivity index (χ1) is 13.5. The van der Waals surface area contributed by atoms with E-state index < -0.39 is 33.9 Å². The van der Waals surface area contributed by atoms with E-state index in [0.29, 0.717) is 11.5 Å². The summed E-state index contributed by atoms with van der Waals surface area (Å²) in [5.74, 6) is -2.22. The normalized spacial score (nSPS) is 26.9. The zero-order valence-electron chi connectivity index (χ0n) is 14.9. The first-order valence-corrected chi connectivity index (χ1v) is 9.15. The van der Waals surface area contributed by atoms with Crippen LogP contribution in [0.1, 0.15) is 18.6 Å². The van der Waals surface area contributed by atoms with Crippen LogP contribution in [0.15, 0.2) is 54.6 Å². The van der Waals surface area contributed by atoms with Crippen molar-refractivity contribution >= 4 is 29.2 Å². The quantitative estimate of drug-likeness (QED) is 0.435. The molecule has 9 heteroatoms. The van der Waals surface area contributed by atoms with Crippen molar-refractivity contribution in [2.45, 2.75) is 29.0 Å². The zero-order valence-corrected chi connectivity index (χ0v) is 16.4. The van der Waals surface area contributed by atoms with Gasteiger partial charge in [-0.25, -0.2) is 0 Å². The van der Waals surface area contributed by atoms with Crippen LogP contribution in [0.4, 0.5) is 13.2 Å². The van der Waals surface area contributed by atoms with Crippen molar-refractivity contribution in [2.24, 2.45) is 5.92 Å². The third-order valence-electron chi connectivity index (χ3n) is 4.71. The minimum Gasteiger partial charge on any atom is -0.457 e. The van der Waals surface area contributed by atoms with E-state index in [1.165, 1.54) is 12.1 Å². The Bertz CT molecular complexity index is 959. The van der Waals surface area contributed by atoms with Gasteiger partial charge in [0.1, 0.15) is 23.5 Å². The van der Waals surface area contributed by atoms with Crippen molar-refractivity contribution in [3.63, 3.8) is 0 Å². The first kappa shape index (κ1) is 21.3. The molecule has 2 aromatic rings. The molecule has 0 radical (unpaired) electrons. The summed E-state index contributed by atoms with van der Waals surface area (Å²) in [4.78, 5) is 7.31. The predicted octanol–water partition coefficient (Wildman–Crippen LogP) is 5.75. The van der Waals surface area contributed by atoms with E-state index in [-0.39, 0.29) is 5.56 Å². The van der Waals surface area contributed by atoms with Crippen LogP contribution in [0.3, 0.4) is 0 Å². The molecule has 1 saturated carbocycles. The Morgan fingerprint density at radius 1 is 1.14 bits per heavy atom. The number of rotatable bonds is 5. The Labute approximate surface area is 174 Å². The summed E-state index contributed by atoms with van der Waals surface area (Å²) in [7, 11) is 0. The van der Waals surface area contributed by atoms with Crippen molar-refractivity contribution in [3.8, 4) is 17.6 Å². The van der Waals surface area contributed by atoms with Gasteiger partial charge in [-0.2, -0.15) is 18.4 Å². The number of nitriles is 1. The Morgan fingerprint density at radius 3 is 2.31 bits per heavy atom. The van der Waals surface area contributed by atoms with Crippen molar-refractivity contribution < 1.29 is 27.4 Å². The fourth-order valence-corrected chi connectivity index (χ4v) is 3.92. The molecule has 1 aliphatic carbocycles. The van der Waals surface area contributed by atoms with Gasteiger partial charge >= 0.3 is 12.1 Å². The van der Waals surface area contributed by atoms with Crippen molar-refractivity contribution in [2.75, 3.05) is 0 Å². The zero-order chi connectivity index (χ0) is 21.4. The molecule has 0 N–H and O–H groups in total. The first-order valence-electron chi connectivity index (χ1n) is 8.40. The minimum atomic E-state index is -4.92. The number of benzene rings is 2. The lowest BCUT2D eigenvalue weighted by Gasteiger charge is -2.15. The van der Waals surface area contributed by atoms with Crippen LogP contribution in [-0.4, -0.2) is 21.9 Å². The molecule has 1 aliphatic rings. The van der Waals surface area contributed by atoms with Gasteiger partial charge < -0.3 is 9.47 Å². The van der Waals surface area contributed by atoms with Gasteiger partial charge in [0.15, 0.2) is 4.87 Å². The summed E-state index contributed by atoms with van der Waals surface area (Å²) < 4.78 is 50.3. The number of carbonyl (C=O) groups excluding carboxylic acids is 1. The number of nitrogens with zero attached hydrogens (tertiary/aromatic N) is 1. The van der Waals surface area contributed by atoms with Crippen molar-refractivity contribution in [1.82, 2.24) is 0 Å². The Hall–Kier alpha value is -2.43. The van der Waals surface area contributed by atoms with Crippen LogP contribution in [0.5, 0.6) is 11.5 Å². The van der Waals surface area contributed by atoms with E-state index >= 15 is 0 Å². The van der Waals surface area contributed by atoms with Gasteiger partial charge in [-0.05, 0) is 31.2 Å². The van der Waals surface area contributed by atoms with Crippen LogP contribution < -0.4 is 4.74 Å². The van der Waals surface area contributed by atoms with E-state index in [4.69, 9.17) is 32.7 Å². The van der Waals surface area contributed by atoms with Crippen LogP contribution in [0, 0.1) is 17.2 Å². The standard InChI is InChI=1S/C20H14Cl2F3NO3/c1-18(21)16(19(18,22)20(23,24)25)17(27)29-15(11-26)12-6-5-9-14(10-12)28-13-7-3-2-4-8-13/h2-10,15-16H,1H3. The molecular formula is C20H14Cl2F3NO3. The maximum absolute atomic E-state index is 13.2. The Balaban J connectivity index is 1.77. The highest BCUT2D eigenvalue weighted by Crippen LogP contribution is 2.70. The lowest BCUT2D eigenvalue weighted by atomic mass is 10.1. The summed E-state index contributed by atoms with van der Waals surface area (Å²) in [6.07, 6.45) is -6.37. The van der Waals surface area contributed by atoms with Gasteiger partial charge in [0.25, 0.3) is 0 Å². The van der Waals surface area contributed by atoms with Gasteiger partial charge in [0, 0.05) is 5.56 Å². The van der Waals surface area contributed by atoms with Crippen molar-refractivity contribution in [3.05, 3.63) is 60.2 Å². The van der Waals surface area contributed by atoms with Crippen LogP contribution in [0.25, 0.3) is 0 Å². The average molecular weight is 444 g/mol. The molecular weight excluding hydrogens is 430 g/mol. The van der Waals surface area contributed by atoms with E-state index in [9.17, 15) is 23.2 Å². The number of para-hydroxylation sites is 1. The fraction of sp³-hybridized carbons (Fsp3) is 0.300. The lowest BCUT2D eigenvalue weighted by Crippen LogP contribution is -2.33. The Kier molecular flexibility index (Phi) is 5.46.